The van der Waals surface area contributed by atoms with Crippen molar-refractivity contribution in [1.29, 1.82) is 0 Å². The molecule has 116 valence electrons. The van der Waals surface area contributed by atoms with Crippen LogP contribution in [0.1, 0.15) is 10.6 Å². The number of rotatable bonds is 5. The lowest BCUT2D eigenvalue weighted by Gasteiger charge is -2.10. The standard InChI is InChI=1S/C14H14ClN3O3S/c1-8-17-18-14(22-8)16-12(19)5-4-9-6-10(15)13(21-3)11(7-9)20-2/h4-7H,1-3H3,(H,16,18,19)/b5-4+. The van der Waals surface area contributed by atoms with Gasteiger partial charge in [0, 0.05) is 6.08 Å². The number of methoxy groups -OCH3 is 2. The molecule has 22 heavy (non-hydrogen) atoms. The Hall–Kier alpha value is -2.12. The van der Waals surface area contributed by atoms with Crippen molar-refractivity contribution >= 4 is 40.1 Å². The van der Waals surface area contributed by atoms with Crippen LogP contribution in [0.5, 0.6) is 11.5 Å². The van der Waals surface area contributed by atoms with E-state index in [1.165, 1.54) is 31.6 Å². The molecule has 2 rings (SSSR count). The Morgan fingerprint density at radius 1 is 1.32 bits per heavy atom. The highest BCUT2D eigenvalue weighted by Crippen LogP contribution is 2.36. The number of hydrogen-bond acceptors (Lipinski definition) is 6. The molecule has 0 bridgehead atoms. The Morgan fingerprint density at radius 2 is 2.09 bits per heavy atom. The number of nitrogens with zero attached hydrogens (tertiary/aromatic N) is 2. The summed E-state index contributed by atoms with van der Waals surface area (Å²) >= 11 is 7.41. The van der Waals surface area contributed by atoms with Gasteiger partial charge in [0.25, 0.3) is 0 Å². The van der Waals surface area contributed by atoms with Crippen molar-refractivity contribution in [3.63, 3.8) is 0 Å². The van der Waals surface area contributed by atoms with Gasteiger partial charge in [-0.05, 0) is 30.7 Å². The van der Waals surface area contributed by atoms with E-state index in [2.05, 4.69) is 15.5 Å². The van der Waals surface area contributed by atoms with E-state index < -0.39 is 0 Å². The summed E-state index contributed by atoms with van der Waals surface area (Å²) in [5, 5.41) is 11.9. The highest BCUT2D eigenvalue weighted by molar-refractivity contribution is 7.15. The Balaban J connectivity index is 2.12. The van der Waals surface area contributed by atoms with E-state index in [-0.39, 0.29) is 5.91 Å². The van der Waals surface area contributed by atoms with Crippen LogP contribution in [-0.2, 0) is 4.79 Å². The van der Waals surface area contributed by atoms with Crippen molar-refractivity contribution < 1.29 is 14.3 Å². The number of carbonyl (C=O) groups excluding carboxylic acids is 1. The lowest BCUT2D eigenvalue weighted by Crippen LogP contribution is -2.07. The normalized spacial score (nSPS) is 10.7. The SMILES string of the molecule is COc1cc(/C=C/C(=O)Nc2nnc(C)s2)cc(Cl)c1OC. The van der Waals surface area contributed by atoms with E-state index in [1.54, 1.807) is 18.2 Å². The van der Waals surface area contributed by atoms with Gasteiger partial charge in [-0.25, -0.2) is 0 Å². The molecule has 2 aromatic rings. The largest absolute Gasteiger partial charge is 0.493 e. The molecular weight excluding hydrogens is 326 g/mol. The van der Waals surface area contributed by atoms with Gasteiger partial charge in [-0.2, -0.15) is 0 Å². The van der Waals surface area contributed by atoms with Crippen LogP contribution >= 0.6 is 22.9 Å². The van der Waals surface area contributed by atoms with Crippen molar-refractivity contribution in [3.05, 3.63) is 33.8 Å². The zero-order chi connectivity index (χ0) is 16.1. The van der Waals surface area contributed by atoms with Gasteiger partial charge in [-0.1, -0.05) is 22.9 Å². The molecule has 0 fully saturated rings. The first-order chi connectivity index (χ1) is 10.5. The average Bonchev–Trinajstić information content (AvgIpc) is 2.89. The van der Waals surface area contributed by atoms with Crippen molar-refractivity contribution in [2.24, 2.45) is 0 Å². The third-order valence-corrected chi connectivity index (χ3v) is 3.67. The number of aromatic nitrogens is 2. The smallest absolute Gasteiger partial charge is 0.250 e. The summed E-state index contributed by atoms with van der Waals surface area (Å²) in [7, 11) is 3.03. The molecule has 0 aliphatic rings. The summed E-state index contributed by atoms with van der Waals surface area (Å²) in [5.41, 5.74) is 0.714. The van der Waals surface area contributed by atoms with Crippen LogP contribution in [0.25, 0.3) is 6.08 Å². The van der Waals surface area contributed by atoms with E-state index in [9.17, 15) is 4.79 Å². The number of amides is 1. The van der Waals surface area contributed by atoms with Crippen molar-refractivity contribution in [2.45, 2.75) is 6.92 Å². The lowest BCUT2D eigenvalue weighted by atomic mass is 10.2. The fourth-order valence-corrected chi connectivity index (χ4v) is 2.59. The highest BCUT2D eigenvalue weighted by Gasteiger charge is 2.10. The van der Waals surface area contributed by atoms with Gasteiger partial charge in [0.15, 0.2) is 11.5 Å². The van der Waals surface area contributed by atoms with E-state index in [1.807, 2.05) is 6.92 Å². The van der Waals surface area contributed by atoms with Gasteiger partial charge in [0.05, 0.1) is 19.2 Å². The third kappa shape index (κ3) is 3.96. The first-order valence-corrected chi connectivity index (χ1v) is 7.43. The molecule has 0 aliphatic heterocycles. The molecule has 0 radical (unpaired) electrons. The molecule has 6 nitrogen and oxygen atoms in total. The molecule has 0 aliphatic carbocycles. The molecule has 0 spiro atoms. The van der Waals surface area contributed by atoms with Gasteiger partial charge < -0.3 is 9.47 Å². The monoisotopic (exact) mass is 339 g/mol. The Labute approximate surface area is 136 Å². The first kappa shape index (κ1) is 16.3. The summed E-state index contributed by atoms with van der Waals surface area (Å²) < 4.78 is 10.4. The zero-order valence-corrected chi connectivity index (χ0v) is 13.8. The summed E-state index contributed by atoms with van der Waals surface area (Å²) in [6.45, 7) is 1.81. The van der Waals surface area contributed by atoms with Gasteiger partial charge in [0.2, 0.25) is 11.0 Å². The molecule has 0 unspecified atom stereocenters. The number of halogens is 1. The molecular formula is C14H14ClN3O3S. The van der Waals surface area contributed by atoms with E-state index in [0.717, 1.165) is 5.01 Å². The predicted molar refractivity (Wildman–Crippen MR) is 86.9 cm³/mol. The number of carbonyl (C=O) groups is 1. The van der Waals surface area contributed by atoms with E-state index >= 15 is 0 Å². The maximum Gasteiger partial charge on any atom is 0.250 e. The summed E-state index contributed by atoms with van der Waals surface area (Å²) in [6, 6.07) is 3.41. The Bertz CT molecular complexity index is 715. The Kier molecular flexibility index (Phi) is 5.35. The number of anilines is 1. The number of benzene rings is 1. The highest BCUT2D eigenvalue weighted by atomic mass is 35.5. The lowest BCUT2D eigenvalue weighted by molar-refractivity contribution is -0.111. The molecule has 1 heterocycles. The molecule has 0 saturated carbocycles. The van der Waals surface area contributed by atoms with Crippen LogP contribution in [0.4, 0.5) is 5.13 Å². The number of ether oxygens (including phenoxy) is 2. The quantitative estimate of drug-likeness (QED) is 0.847. The van der Waals surface area contributed by atoms with Gasteiger partial charge in [-0.15, -0.1) is 10.2 Å². The fraction of sp³-hybridized carbons (Fsp3) is 0.214. The second-order valence-electron chi connectivity index (χ2n) is 4.19. The molecule has 0 saturated heterocycles. The molecule has 8 heteroatoms. The number of nitrogens with one attached hydrogen (secondary N) is 1. The average molecular weight is 340 g/mol. The van der Waals surface area contributed by atoms with Crippen LogP contribution in [0.15, 0.2) is 18.2 Å². The predicted octanol–water partition coefficient (Wildman–Crippen LogP) is 3.17. The van der Waals surface area contributed by atoms with Crippen LogP contribution in [0.2, 0.25) is 5.02 Å². The fourth-order valence-electron chi connectivity index (χ4n) is 1.70. The number of hydrogen-bond donors (Lipinski definition) is 1. The van der Waals surface area contributed by atoms with Crippen LogP contribution in [0.3, 0.4) is 0 Å². The Morgan fingerprint density at radius 3 is 2.68 bits per heavy atom. The second-order valence-corrected chi connectivity index (χ2v) is 5.78. The molecule has 1 amide bonds. The van der Waals surface area contributed by atoms with Crippen LogP contribution in [0, 0.1) is 6.92 Å². The second kappa shape index (κ2) is 7.24. The van der Waals surface area contributed by atoms with Crippen molar-refractivity contribution in [2.75, 3.05) is 19.5 Å². The molecule has 1 aromatic carbocycles. The third-order valence-electron chi connectivity index (χ3n) is 2.64. The molecule has 0 atom stereocenters. The minimum absolute atomic E-state index is 0.304. The zero-order valence-electron chi connectivity index (χ0n) is 12.2. The maximum atomic E-state index is 11.8. The summed E-state index contributed by atoms with van der Waals surface area (Å²) in [6.07, 6.45) is 3.01. The van der Waals surface area contributed by atoms with Gasteiger partial charge >= 0.3 is 0 Å². The minimum Gasteiger partial charge on any atom is -0.493 e. The van der Waals surface area contributed by atoms with Crippen molar-refractivity contribution in [3.8, 4) is 11.5 Å². The van der Waals surface area contributed by atoms with E-state index in [4.69, 9.17) is 21.1 Å². The van der Waals surface area contributed by atoms with Crippen LogP contribution < -0.4 is 14.8 Å². The first-order valence-electron chi connectivity index (χ1n) is 6.24. The topological polar surface area (TPSA) is 73.3 Å². The minimum atomic E-state index is -0.304. The summed E-state index contributed by atoms with van der Waals surface area (Å²) in [4.78, 5) is 11.8. The van der Waals surface area contributed by atoms with Crippen molar-refractivity contribution in [1.82, 2.24) is 10.2 Å². The maximum absolute atomic E-state index is 11.8. The van der Waals surface area contributed by atoms with Gasteiger partial charge in [0.1, 0.15) is 5.01 Å². The van der Waals surface area contributed by atoms with E-state index in [0.29, 0.717) is 27.2 Å². The summed E-state index contributed by atoms with van der Waals surface area (Å²) in [5.74, 6) is 0.645. The van der Waals surface area contributed by atoms with Crippen LogP contribution in [-0.4, -0.2) is 30.3 Å². The molecule has 1 N–H and O–H groups in total. The number of aryl methyl sites for hydroxylation is 1. The molecule has 1 aromatic heterocycles. The van der Waals surface area contributed by atoms with Gasteiger partial charge in [-0.3, -0.25) is 10.1 Å².